The SMILES string of the molecule is O=C1NS(=O)(=O)c2cc(OC(F)F)ccc21. The molecule has 0 bridgehead atoms. The molecule has 1 aliphatic rings. The van der Waals surface area contributed by atoms with Crippen LogP contribution in [0.2, 0.25) is 0 Å². The molecule has 0 fully saturated rings. The van der Waals surface area contributed by atoms with Crippen molar-refractivity contribution in [1.82, 2.24) is 4.72 Å². The Morgan fingerprint density at radius 2 is 2.00 bits per heavy atom. The number of rotatable bonds is 2. The number of sulfonamides is 1. The number of halogens is 2. The summed E-state index contributed by atoms with van der Waals surface area (Å²) < 4.78 is 52.2. The molecule has 5 nitrogen and oxygen atoms in total. The highest BCUT2D eigenvalue weighted by Crippen LogP contribution is 2.27. The molecule has 2 rings (SSSR count). The maximum absolute atomic E-state index is 11.9. The van der Waals surface area contributed by atoms with Gasteiger partial charge < -0.3 is 4.74 Å². The molecule has 1 heterocycles. The maximum Gasteiger partial charge on any atom is 0.387 e. The summed E-state index contributed by atoms with van der Waals surface area (Å²) in [6.07, 6.45) is 0. The van der Waals surface area contributed by atoms with Gasteiger partial charge in [0.1, 0.15) is 10.6 Å². The molecule has 16 heavy (non-hydrogen) atoms. The molecule has 1 aromatic rings. The van der Waals surface area contributed by atoms with E-state index in [0.29, 0.717) is 0 Å². The summed E-state index contributed by atoms with van der Waals surface area (Å²) in [5, 5.41) is 0. The van der Waals surface area contributed by atoms with Gasteiger partial charge in [0.25, 0.3) is 15.9 Å². The molecule has 1 aliphatic heterocycles. The summed E-state index contributed by atoms with van der Waals surface area (Å²) >= 11 is 0. The van der Waals surface area contributed by atoms with E-state index in [9.17, 15) is 22.0 Å². The first kappa shape index (κ1) is 10.8. The minimum Gasteiger partial charge on any atom is -0.435 e. The molecular formula is C8H5F2NO4S. The lowest BCUT2D eigenvalue weighted by molar-refractivity contribution is -0.0499. The summed E-state index contributed by atoms with van der Waals surface area (Å²) in [7, 11) is -3.94. The Kier molecular flexibility index (Phi) is 2.30. The summed E-state index contributed by atoms with van der Waals surface area (Å²) in [5.41, 5.74) is -0.0818. The van der Waals surface area contributed by atoms with Gasteiger partial charge in [-0.05, 0) is 12.1 Å². The van der Waals surface area contributed by atoms with Crippen LogP contribution in [-0.2, 0) is 10.0 Å². The molecule has 0 spiro atoms. The predicted molar refractivity (Wildman–Crippen MR) is 47.7 cm³/mol. The molecule has 0 aromatic heterocycles. The minimum atomic E-state index is -3.94. The number of carbonyl (C=O) groups excluding carboxylic acids is 1. The largest absolute Gasteiger partial charge is 0.435 e. The zero-order chi connectivity index (χ0) is 11.9. The molecule has 0 radical (unpaired) electrons. The van der Waals surface area contributed by atoms with E-state index in [0.717, 1.165) is 18.2 Å². The third-order valence-electron chi connectivity index (χ3n) is 1.94. The summed E-state index contributed by atoms with van der Waals surface area (Å²) in [6.45, 7) is -3.05. The highest BCUT2D eigenvalue weighted by Gasteiger charge is 2.32. The number of ether oxygens (including phenoxy) is 1. The third-order valence-corrected chi connectivity index (χ3v) is 3.31. The van der Waals surface area contributed by atoms with Crippen molar-refractivity contribution < 1.29 is 26.7 Å². The number of alkyl halides is 2. The first-order valence-corrected chi connectivity index (χ1v) is 5.54. The van der Waals surface area contributed by atoms with Crippen LogP contribution in [0.4, 0.5) is 8.78 Å². The van der Waals surface area contributed by atoms with Crippen molar-refractivity contribution in [3.05, 3.63) is 23.8 Å². The molecule has 1 aromatic carbocycles. The van der Waals surface area contributed by atoms with Gasteiger partial charge in [-0.1, -0.05) is 0 Å². The van der Waals surface area contributed by atoms with E-state index in [4.69, 9.17) is 0 Å². The Labute approximate surface area is 89.1 Å². The van der Waals surface area contributed by atoms with Crippen LogP contribution in [0.15, 0.2) is 23.1 Å². The van der Waals surface area contributed by atoms with Gasteiger partial charge in [-0.2, -0.15) is 8.78 Å². The fourth-order valence-corrected chi connectivity index (χ4v) is 2.51. The normalized spacial score (nSPS) is 17.1. The molecule has 0 unspecified atom stereocenters. The van der Waals surface area contributed by atoms with E-state index in [-0.39, 0.29) is 16.2 Å². The van der Waals surface area contributed by atoms with E-state index in [1.54, 1.807) is 4.72 Å². The molecule has 0 saturated heterocycles. The topological polar surface area (TPSA) is 72.5 Å². The van der Waals surface area contributed by atoms with Crippen molar-refractivity contribution in [2.24, 2.45) is 0 Å². The van der Waals surface area contributed by atoms with Crippen LogP contribution < -0.4 is 9.46 Å². The van der Waals surface area contributed by atoms with Crippen molar-refractivity contribution in [2.75, 3.05) is 0 Å². The van der Waals surface area contributed by atoms with Gasteiger partial charge in [-0.15, -0.1) is 0 Å². The van der Waals surface area contributed by atoms with Gasteiger partial charge in [0.15, 0.2) is 0 Å². The van der Waals surface area contributed by atoms with Crippen LogP contribution in [0.5, 0.6) is 5.75 Å². The van der Waals surface area contributed by atoms with Crippen LogP contribution in [0, 0.1) is 0 Å². The first-order chi connectivity index (χ1) is 7.40. The fraction of sp³-hybridized carbons (Fsp3) is 0.125. The minimum absolute atomic E-state index is 0.0818. The number of amides is 1. The number of hydrogen-bond acceptors (Lipinski definition) is 4. The molecule has 8 heteroatoms. The predicted octanol–water partition coefficient (Wildman–Crippen LogP) is 0.720. The van der Waals surface area contributed by atoms with Crippen LogP contribution in [0.25, 0.3) is 0 Å². The van der Waals surface area contributed by atoms with Crippen LogP contribution in [-0.4, -0.2) is 20.9 Å². The molecule has 1 N–H and O–H groups in total. The summed E-state index contributed by atoms with van der Waals surface area (Å²) in [5.74, 6) is -1.09. The van der Waals surface area contributed by atoms with E-state index in [2.05, 4.69) is 4.74 Å². The van der Waals surface area contributed by atoms with Gasteiger partial charge in [0, 0.05) is 6.07 Å². The number of carbonyl (C=O) groups is 1. The number of nitrogens with one attached hydrogen (secondary N) is 1. The Hall–Kier alpha value is -1.70. The van der Waals surface area contributed by atoms with Crippen molar-refractivity contribution in [3.8, 4) is 5.75 Å². The molecule has 0 atom stereocenters. The molecule has 1 amide bonds. The lowest BCUT2D eigenvalue weighted by Gasteiger charge is -2.04. The third kappa shape index (κ3) is 1.71. The number of hydrogen-bond donors (Lipinski definition) is 1. The maximum atomic E-state index is 11.9. The quantitative estimate of drug-likeness (QED) is 0.838. The van der Waals surface area contributed by atoms with Gasteiger partial charge in [-0.3, -0.25) is 4.79 Å². The number of fused-ring (bicyclic) bond motifs is 1. The lowest BCUT2D eigenvalue weighted by Crippen LogP contribution is -2.20. The van der Waals surface area contributed by atoms with E-state index >= 15 is 0 Å². The summed E-state index contributed by atoms with van der Waals surface area (Å²) in [4.78, 5) is 10.8. The van der Waals surface area contributed by atoms with Crippen molar-refractivity contribution in [2.45, 2.75) is 11.5 Å². The summed E-state index contributed by atoms with van der Waals surface area (Å²) in [6, 6.07) is 3.10. The van der Waals surface area contributed by atoms with E-state index < -0.39 is 22.5 Å². The zero-order valence-corrected chi connectivity index (χ0v) is 8.42. The Balaban J connectivity index is 2.51. The van der Waals surface area contributed by atoms with Gasteiger partial charge in [-0.25, -0.2) is 13.1 Å². The molecular weight excluding hydrogens is 244 g/mol. The zero-order valence-electron chi connectivity index (χ0n) is 7.61. The first-order valence-electron chi connectivity index (χ1n) is 4.06. The van der Waals surface area contributed by atoms with Crippen LogP contribution in [0.1, 0.15) is 10.4 Å². The molecule has 0 saturated carbocycles. The Morgan fingerprint density at radius 3 is 2.62 bits per heavy atom. The average molecular weight is 249 g/mol. The number of benzene rings is 1. The second-order valence-electron chi connectivity index (χ2n) is 2.97. The second kappa shape index (κ2) is 3.41. The lowest BCUT2D eigenvalue weighted by atomic mass is 10.2. The van der Waals surface area contributed by atoms with Crippen molar-refractivity contribution in [1.29, 1.82) is 0 Å². The standard InChI is InChI=1S/C8H5F2NO4S/c9-8(10)15-4-1-2-5-6(3-4)16(13,14)11-7(5)12/h1-3,8H,(H,11,12). The van der Waals surface area contributed by atoms with Gasteiger partial charge in [0.2, 0.25) is 0 Å². The highest BCUT2D eigenvalue weighted by atomic mass is 32.2. The smallest absolute Gasteiger partial charge is 0.387 e. The Morgan fingerprint density at radius 1 is 1.31 bits per heavy atom. The average Bonchev–Trinajstić information content (AvgIpc) is 2.36. The van der Waals surface area contributed by atoms with Gasteiger partial charge >= 0.3 is 6.61 Å². The second-order valence-corrected chi connectivity index (χ2v) is 4.62. The fourth-order valence-electron chi connectivity index (χ4n) is 1.32. The van der Waals surface area contributed by atoms with Crippen LogP contribution >= 0.6 is 0 Å². The van der Waals surface area contributed by atoms with E-state index in [1.165, 1.54) is 0 Å². The van der Waals surface area contributed by atoms with Crippen molar-refractivity contribution in [3.63, 3.8) is 0 Å². The molecule has 86 valence electrons. The van der Waals surface area contributed by atoms with Crippen LogP contribution in [0.3, 0.4) is 0 Å². The van der Waals surface area contributed by atoms with Gasteiger partial charge in [0.05, 0.1) is 5.56 Å². The van der Waals surface area contributed by atoms with E-state index in [1.807, 2.05) is 0 Å². The van der Waals surface area contributed by atoms with Crippen molar-refractivity contribution >= 4 is 15.9 Å². The highest BCUT2D eigenvalue weighted by molar-refractivity contribution is 7.90. The monoisotopic (exact) mass is 249 g/mol. The Bertz CT molecular complexity index is 555. The molecule has 0 aliphatic carbocycles.